The molecular formula is C20H24N6O. The molecule has 140 valence electrons. The van der Waals surface area contributed by atoms with Crippen LogP contribution in [0.25, 0.3) is 5.52 Å². The molecule has 27 heavy (non-hydrogen) atoms. The molecular weight excluding hydrogens is 340 g/mol. The molecule has 0 bridgehead atoms. The summed E-state index contributed by atoms with van der Waals surface area (Å²) < 4.78 is 1.88. The standard InChI is InChI=1S/C20H24N6O/c1-16-13-18-20(21-7-8-26(18)23-16)25-11-9-24(10-12-25)15-19(27)22-14-17-5-3-2-4-6-17/h2-8,13H,9-12,14-15H2,1H3,(H,22,27). The van der Waals surface area contributed by atoms with Crippen LogP contribution in [0, 0.1) is 6.92 Å². The fraction of sp³-hybridized carbons (Fsp3) is 0.350. The molecule has 0 radical (unpaired) electrons. The first-order valence-electron chi connectivity index (χ1n) is 9.28. The number of rotatable bonds is 5. The second-order valence-corrected chi connectivity index (χ2v) is 6.89. The monoisotopic (exact) mass is 364 g/mol. The predicted octanol–water partition coefficient (Wildman–Crippen LogP) is 1.48. The van der Waals surface area contributed by atoms with Crippen LogP contribution < -0.4 is 10.2 Å². The Balaban J connectivity index is 1.30. The highest BCUT2D eigenvalue weighted by Crippen LogP contribution is 2.20. The Morgan fingerprint density at radius 1 is 1.15 bits per heavy atom. The van der Waals surface area contributed by atoms with E-state index >= 15 is 0 Å². The highest BCUT2D eigenvalue weighted by molar-refractivity contribution is 5.78. The van der Waals surface area contributed by atoms with Crippen LogP contribution in [0.15, 0.2) is 48.8 Å². The van der Waals surface area contributed by atoms with Gasteiger partial charge in [-0.05, 0) is 18.6 Å². The van der Waals surface area contributed by atoms with E-state index in [0.717, 1.165) is 48.8 Å². The molecule has 0 spiro atoms. The van der Waals surface area contributed by atoms with Gasteiger partial charge in [0, 0.05) is 45.1 Å². The minimum absolute atomic E-state index is 0.0685. The maximum absolute atomic E-state index is 12.2. The van der Waals surface area contributed by atoms with E-state index in [4.69, 9.17) is 0 Å². The molecule has 7 nitrogen and oxygen atoms in total. The maximum atomic E-state index is 12.2. The summed E-state index contributed by atoms with van der Waals surface area (Å²) >= 11 is 0. The number of hydrogen-bond donors (Lipinski definition) is 1. The van der Waals surface area contributed by atoms with E-state index in [-0.39, 0.29) is 5.91 Å². The summed E-state index contributed by atoms with van der Waals surface area (Å²) in [4.78, 5) is 21.2. The fourth-order valence-electron chi connectivity index (χ4n) is 3.45. The largest absolute Gasteiger partial charge is 0.352 e. The Labute approximate surface area is 158 Å². The second kappa shape index (κ2) is 7.75. The normalized spacial score (nSPS) is 15.2. The molecule has 0 atom stereocenters. The zero-order valence-corrected chi connectivity index (χ0v) is 15.5. The van der Waals surface area contributed by atoms with Crippen molar-refractivity contribution in [3.63, 3.8) is 0 Å². The molecule has 1 amide bonds. The van der Waals surface area contributed by atoms with Crippen LogP contribution in [0.1, 0.15) is 11.3 Å². The number of nitrogens with zero attached hydrogens (tertiary/aromatic N) is 5. The van der Waals surface area contributed by atoms with E-state index in [1.807, 2.05) is 48.0 Å². The minimum Gasteiger partial charge on any atom is -0.352 e. The summed E-state index contributed by atoms with van der Waals surface area (Å²) in [6.45, 7) is 6.38. The Kier molecular flexibility index (Phi) is 5.02. The van der Waals surface area contributed by atoms with Gasteiger partial charge in [-0.2, -0.15) is 5.10 Å². The van der Waals surface area contributed by atoms with E-state index < -0.39 is 0 Å². The summed E-state index contributed by atoms with van der Waals surface area (Å²) in [5.74, 6) is 1.03. The van der Waals surface area contributed by atoms with Gasteiger partial charge >= 0.3 is 0 Å². The van der Waals surface area contributed by atoms with Gasteiger partial charge in [0.05, 0.1) is 12.2 Å². The zero-order valence-electron chi connectivity index (χ0n) is 15.5. The number of carbonyl (C=O) groups is 1. The maximum Gasteiger partial charge on any atom is 0.234 e. The van der Waals surface area contributed by atoms with E-state index in [1.165, 1.54) is 0 Å². The molecule has 1 saturated heterocycles. The number of amides is 1. The topological polar surface area (TPSA) is 65.8 Å². The molecule has 1 aliphatic heterocycles. The summed E-state index contributed by atoms with van der Waals surface area (Å²) in [6.07, 6.45) is 3.66. The molecule has 1 aromatic carbocycles. The average Bonchev–Trinajstić information content (AvgIpc) is 3.08. The van der Waals surface area contributed by atoms with Crippen LogP contribution in [-0.2, 0) is 11.3 Å². The van der Waals surface area contributed by atoms with E-state index in [0.29, 0.717) is 13.1 Å². The third-order valence-corrected chi connectivity index (χ3v) is 4.86. The van der Waals surface area contributed by atoms with E-state index in [2.05, 4.69) is 31.3 Å². The number of anilines is 1. The smallest absolute Gasteiger partial charge is 0.234 e. The van der Waals surface area contributed by atoms with Crippen molar-refractivity contribution in [2.24, 2.45) is 0 Å². The van der Waals surface area contributed by atoms with E-state index in [1.54, 1.807) is 6.20 Å². The van der Waals surface area contributed by atoms with Crippen LogP contribution >= 0.6 is 0 Å². The third-order valence-electron chi connectivity index (χ3n) is 4.86. The van der Waals surface area contributed by atoms with Crippen molar-refractivity contribution < 1.29 is 4.79 Å². The van der Waals surface area contributed by atoms with Crippen molar-refractivity contribution in [1.82, 2.24) is 24.8 Å². The van der Waals surface area contributed by atoms with Crippen LogP contribution in [0.2, 0.25) is 0 Å². The average molecular weight is 364 g/mol. The summed E-state index contributed by atoms with van der Waals surface area (Å²) in [5.41, 5.74) is 3.13. The molecule has 3 heterocycles. The van der Waals surface area contributed by atoms with Gasteiger partial charge < -0.3 is 10.2 Å². The number of aromatic nitrogens is 3. The van der Waals surface area contributed by atoms with Crippen LogP contribution in [0.5, 0.6) is 0 Å². The van der Waals surface area contributed by atoms with Crippen molar-refractivity contribution in [3.05, 3.63) is 60.0 Å². The first kappa shape index (κ1) is 17.5. The van der Waals surface area contributed by atoms with Crippen molar-refractivity contribution in [3.8, 4) is 0 Å². The highest BCUT2D eigenvalue weighted by Gasteiger charge is 2.21. The van der Waals surface area contributed by atoms with Gasteiger partial charge in [0.15, 0.2) is 5.82 Å². The zero-order chi connectivity index (χ0) is 18.6. The molecule has 2 aromatic heterocycles. The highest BCUT2D eigenvalue weighted by atomic mass is 16.2. The first-order chi connectivity index (χ1) is 13.2. The van der Waals surface area contributed by atoms with Gasteiger partial charge in [-0.25, -0.2) is 9.50 Å². The number of hydrogen-bond acceptors (Lipinski definition) is 5. The summed E-state index contributed by atoms with van der Waals surface area (Å²) in [6, 6.07) is 12.0. The lowest BCUT2D eigenvalue weighted by Crippen LogP contribution is -2.49. The Hall–Kier alpha value is -2.93. The number of nitrogens with one attached hydrogen (secondary N) is 1. The molecule has 4 rings (SSSR count). The molecule has 0 aliphatic carbocycles. The van der Waals surface area contributed by atoms with Gasteiger partial charge in [0.2, 0.25) is 5.91 Å². The predicted molar refractivity (Wildman–Crippen MR) is 105 cm³/mol. The van der Waals surface area contributed by atoms with Crippen LogP contribution in [-0.4, -0.2) is 58.1 Å². The number of aryl methyl sites for hydroxylation is 1. The molecule has 0 unspecified atom stereocenters. The lowest BCUT2D eigenvalue weighted by atomic mass is 10.2. The second-order valence-electron chi connectivity index (χ2n) is 6.89. The molecule has 1 N–H and O–H groups in total. The molecule has 1 aliphatic rings. The molecule has 1 fully saturated rings. The lowest BCUT2D eigenvalue weighted by Gasteiger charge is -2.35. The van der Waals surface area contributed by atoms with Crippen molar-refractivity contribution in [2.45, 2.75) is 13.5 Å². The van der Waals surface area contributed by atoms with Crippen LogP contribution in [0.4, 0.5) is 5.82 Å². The van der Waals surface area contributed by atoms with Gasteiger partial charge in [-0.1, -0.05) is 30.3 Å². The summed E-state index contributed by atoms with van der Waals surface area (Å²) in [5, 5.41) is 7.45. The number of benzene rings is 1. The number of fused-ring (bicyclic) bond motifs is 1. The first-order valence-corrected chi connectivity index (χ1v) is 9.28. The van der Waals surface area contributed by atoms with Gasteiger partial charge in [-0.3, -0.25) is 9.69 Å². The van der Waals surface area contributed by atoms with Crippen molar-refractivity contribution >= 4 is 17.2 Å². The van der Waals surface area contributed by atoms with Crippen LogP contribution in [0.3, 0.4) is 0 Å². The summed E-state index contributed by atoms with van der Waals surface area (Å²) in [7, 11) is 0. The van der Waals surface area contributed by atoms with Crippen molar-refractivity contribution in [1.29, 1.82) is 0 Å². The fourth-order valence-corrected chi connectivity index (χ4v) is 3.45. The molecule has 0 saturated carbocycles. The quantitative estimate of drug-likeness (QED) is 0.743. The lowest BCUT2D eigenvalue weighted by molar-refractivity contribution is -0.122. The van der Waals surface area contributed by atoms with Gasteiger partial charge in [-0.15, -0.1) is 0 Å². The Morgan fingerprint density at radius 2 is 1.93 bits per heavy atom. The molecule has 7 heteroatoms. The minimum atomic E-state index is 0.0685. The van der Waals surface area contributed by atoms with Gasteiger partial charge in [0.25, 0.3) is 0 Å². The van der Waals surface area contributed by atoms with E-state index in [9.17, 15) is 4.79 Å². The number of carbonyl (C=O) groups excluding carboxylic acids is 1. The molecule has 3 aromatic rings. The Morgan fingerprint density at radius 3 is 2.70 bits per heavy atom. The Bertz CT molecular complexity index is 915. The van der Waals surface area contributed by atoms with Crippen molar-refractivity contribution in [2.75, 3.05) is 37.6 Å². The SMILES string of the molecule is Cc1cc2c(N3CCN(CC(=O)NCc4ccccc4)CC3)nccn2n1. The third kappa shape index (κ3) is 4.09. The van der Waals surface area contributed by atoms with Gasteiger partial charge in [0.1, 0.15) is 5.52 Å². The number of piperazine rings is 1.